The zero-order valence-corrected chi connectivity index (χ0v) is 13.2. The maximum atomic E-state index is 9.51. The normalized spacial score (nSPS) is 10.1. The summed E-state index contributed by atoms with van der Waals surface area (Å²) in [6, 6.07) is 19.1. The van der Waals surface area contributed by atoms with Crippen LogP contribution in [0.4, 0.5) is 5.82 Å². The quantitative estimate of drug-likeness (QED) is 0.778. The molecule has 0 aliphatic heterocycles. The number of benzene rings is 2. The number of hydrogen-bond donors (Lipinski definition) is 1. The highest BCUT2D eigenvalue weighted by Crippen LogP contribution is 2.29. The van der Waals surface area contributed by atoms with Crippen molar-refractivity contribution >= 4 is 17.4 Å². The number of rotatable bonds is 3. The smallest absolute Gasteiger partial charge is 0.162 e. The van der Waals surface area contributed by atoms with E-state index in [9.17, 15) is 5.26 Å². The molecule has 2 aromatic carbocycles. The molecule has 0 bridgehead atoms. The van der Waals surface area contributed by atoms with Crippen molar-refractivity contribution in [2.45, 2.75) is 0 Å². The predicted octanol–water partition coefficient (Wildman–Crippen LogP) is 4.38. The van der Waals surface area contributed by atoms with Crippen molar-refractivity contribution < 1.29 is 0 Å². The molecular formula is C18H13ClN4. The van der Waals surface area contributed by atoms with Crippen LogP contribution in [-0.2, 0) is 0 Å². The topological polar surface area (TPSA) is 61.6 Å². The summed E-state index contributed by atoms with van der Waals surface area (Å²) < 4.78 is 0. The predicted molar refractivity (Wildman–Crippen MR) is 92.2 cm³/mol. The average molecular weight is 321 g/mol. The second-order valence-corrected chi connectivity index (χ2v) is 5.29. The van der Waals surface area contributed by atoms with E-state index in [4.69, 9.17) is 11.6 Å². The molecule has 4 nitrogen and oxygen atoms in total. The highest BCUT2D eigenvalue weighted by atomic mass is 35.5. The third-order valence-electron chi connectivity index (χ3n) is 3.41. The van der Waals surface area contributed by atoms with Gasteiger partial charge in [0.25, 0.3) is 0 Å². The molecule has 1 N–H and O–H groups in total. The van der Waals surface area contributed by atoms with Crippen LogP contribution in [0.15, 0.2) is 54.6 Å². The number of anilines is 1. The molecule has 0 fully saturated rings. The van der Waals surface area contributed by atoms with Crippen molar-refractivity contribution in [1.82, 2.24) is 9.97 Å². The van der Waals surface area contributed by atoms with Gasteiger partial charge in [-0.2, -0.15) is 5.26 Å². The Labute approximate surface area is 139 Å². The molecule has 0 atom stereocenters. The molecule has 23 heavy (non-hydrogen) atoms. The molecule has 112 valence electrons. The van der Waals surface area contributed by atoms with Gasteiger partial charge in [-0.1, -0.05) is 54.1 Å². The highest BCUT2D eigenvalue weighted by Gasteiger charge is 2.16. The summed E-state index contributed by atoms with van der Waals surface area (Å²) in [6.45, 7) is 0. The Morgan fingerprint density at radius 1 is 0.957 bits per heavy atom. The summed E-state index contributed by atoms with van der Waals surface area (Å²) in [7, 11) is 1.74. The van der Waals surface area contributed by atoms with Crippen LogP contribution in [0.3, 0.4) is 0 Å². The van der Waals surface area contributed by atoms with Crippen LogP contribution in [0.1, 0.15) is 5.56 Å². The maximum absolute atomic E-state index is 9.51. The summed E-state index contributed by atoms with van der Waals surface area (Å²) in [5, 5.41) is 13.1. The molecule has 5 heteroatoms. The molecule has 0 unspecified atom stereocenters. The Bertz CT molecular complexity index is 868. The third kappa shape index (κ3) is 3.01. The molecule has 0 aliphatic rings. The van der Waals surface area contributed by atoms with E-state index in [1.54, 1.807) is 19.2 Å². The van der Waals surface area contributed by atoms with Gasteiger partial charge >= 0.3 is 0 Å². The first kappa shape index (κ1) is 15.0. The van der Waals surface area contributed by atoms with E-state index in [0.717, 1.165) is 11.1 Å². The minimum Gasteiger partial charge on any atom is -0.372 e. The van der Waals surface area contributed by atoms with E-state index in [-0.39, 0.29) is 0 Å². The van der Waals surface area contributed by atoms with Gasteiger partial charge in [0.1, 0.15) is 17.5 Å². The number of halogens is 1. The van der Waals surface area contributed by atoms with Crippen molar-refractivity contribution in [3.8, 4) is 28.7 Å². The zero-order chi connectivity index (χ0) is 16.2. The van der Waals surface area contributed by atoms with Gasteiger partial charge in [-0.25, -0.2) is 9.97 Å². The van der Waals surface area contributed by atoms with Gasteiger partial charge in [0.2, 0.25) is 0 Å². The van der Waals surface area contributed by atoms with Gasteiger partial charge in [-0.3, -0.25) is 0 Å². The van der Waals surface area contributed by atoms with Crippen LogP contribution in [0.2, 0.25) is 5.02 Å². The van der Waals surface area contributed by atoms with Gasteiger partial charge < -0.3 is 5.32 Å². The summed E-state index contributed by atoms with van der Waals surface area (Å²) in [4.78, 5) is 9.07. The van der Waals surface area contributed by atoms with E-state index in [2.05, 4.69) is 21.4 Å². The van der Waals surface area contributed by atoms with Crippen LogP contribution in [0, 0.1) is 11.3 Å². The maximum Gasteiger partial charge on any atom is 0.162 e. The van der Waals surface area contributed by atoms with E-state index in [1.807, 2.05) is 42.5 Å². The Morgan fingerprint density at radius 2 is 1.65 bits per heavy atom. The van der Waals surface area contributed by atoms with Crippen molar-refractivity contribution in [2.24, 2.45) is 0 Å². The first-order valence-electron chi connectivity index (χ1n) is 7.04. The Balaban J connectivity index is 2.25. The fraction of sp³-hybridized carbons (Fsp3) is 0.0556. The van der Waals surface area contributed by atoms with E-state index < -0.39 is 0 Å². The summed E-state index contributed by atoms with van der Waals surface area (Å²) in [6.07, 6.45) is 0. The highest BCUT2D eigenvalue weighted by molar-refractivity contribution is 6.30. The monoisotopic (exact) mass is 320 g/mol. The fourth-order valence-corrected chi connectivity index (χ4v) is 2.41. The minimum absolute atomic E-state index is 0.412. The molecule has 0 saturated carbocycles. The SMILES string of the molecule is CNc1nc(-c2ccccc2)nc(-c2ccc(Cl)cc2)c1C#N. The summed E-state index contributed by atoms with van der Waals surface area (Å²) in [5.41, 5.74) is 2.71. The van der Waals surface area contributed by atoms with E-state index in [1.165, 1.54) is 0 Å². The minimum atomic E-state index is 0.412. The van der Waals surface area contributed by atoms with Crippen molar-refractivity contribution in [2.75, 3.05) is 12.4 Å². The van der Waals surface area contributed by atoms with Crippen LogP contribution < -0.4 is 5.32 Å². The first-order chi connectivity index (χ1) is 11.2. The number of nitrogens with one attached hydrogen (secondary N) is 1. The van der Waals surface area contributed by atoms with Crippen molar-refractivity contribution in [1.29, 1.82) is 5.26 Å². The van der Waals surface area contributed by atoms with Crippen LogP contribution in [0.5, 0.6) is 0 Å². The lowest BCUT2D eigenvalue weighted by Crippen LogP contribution is -2.03. The van der Waals surface area contributed by atoms with E-state index >= 15 is 0 Å². The molecule has 0 amide bonds. The van der Waals surface area contributed by atoms with Crippen molar-refractivity contribution in [3.63, 3.8) is 0 Å². The van der Waals surface area contributed by atoms with Gasteiger partial charge in [-0.15, -0.1) is 0 Å². The molecule has 0 radical (unpaired) electrons. The lowest BCUT2D eigenvalue weighted by Gasteiger charge is -2.11. The van der Waals surface area contributed by atoms with Crippen LogP contribution in [-0.4, -0.2) is 17.0 Å². The van der Waals surface area contributed by atoms with Gasteiger partial charge in [-0.05, 0) is 12.1 Å². The molecule has 0 saturated heterocycles. The Kier molecular flexibility index (Phi) is 4.22. The Morgan fingerprint density at radius 3 is 2.26 bits per heavy atom. The lowest BCUT2D eigenvalue weighted by atomic mass is 10.1. The van der Waals surface area contributed by atoms with Gasteiger partial charge in [0.05, 0.1) is 5.69 Å². The van der Waals surface area contributed by atoms with Crippen LogP contribution >= 0.6 is 11.6 Å². The molecule has 1 aromatic heterocycles. The average Bonchev–Trinajstić information content (AvgIpc) is 2.62. The number of aromatic nitrogens is 2. The lowest BCUT2D eigenvalue weighted by molar-refractivity contribution is 1.16. The van der Waals surface area contributed by atoms with Gasteiger partial charge in [0, 0.05) is 23.2 Å². The van der Waals surface area contributed by atoms with E-state index in [0.29, 0.717) is 27.9 Å². The molecule has 3 rings (SSSR count). The third-order valence-corrected chi connectivity index (χ3v) is 3.66. The molecule has 0 spiro atoms. The van der Waals surface area contributed by atoms with Gasteiger partial charge in [0.15, 0.2) is 5.82 Å². The standard InChI is InChI=1S/C18H13ClN4/c1-21-18-15(11-20)16(12-7-9-14(19)10-8-12)22-17(23-18)13-5-3-2-4-6-13/h2-10H,1H3,(H,21,22,23). The first-order valence-corrected chi connectivity index (χ1v) is 7.42. The fourth-order valence-electron chi connectivity index (χ4n) is 2.28. The molecular weight excluding hydrogens is 308 g/mol. The number of nitriles is 1. The largest absolute Gasteiger partial charge is 0.372 e. The van der Waals surface area contributed by atoms with Crippen LogP contribution in [0.25, 0.3) is 22.6 Å². The molecule has 1 heterocycles. The summed E-state index contributed by atoms with van der Waals surface area (Å²) >= 11 is 5.95. The second-order valence-electron chi connectivity index (χ2n) is 4.85. The van der Waals surface area contributed by atoms with Crippen molar-refractivity contribution in [3.05, 3.63) is 65.2 Å². The zero-order valence-electron chi connectivity index (χ0n) is 12.4. The molecule has 0 aliphatic carbocycles. The number of hydrogen-bond acceptors (Lipinski definition) is 4. The molecule has 3 aromatic rings. The number of nitrogens with zero attached hydrogens (tertiary/aromatic N) is 3. The second kappa shape index (κ2) is 6.47. The summed E-state index contributed by atoms with van der Waals surface area (Å²) in [5.74, 6) is 1.07. The Hall–Kier alpha value is -2.90.